The standard InChI is InChI=1S/C21H22N2O4/c1-13-9-10-16(14(2)11-13)23-17(12-15(22-23)21(24)27-5)20-18(25-3)7-6-8-19(20)26-4/h6-12H,1-5H3. The lowest BCUT2D eigenvalue weighted by atomic mass is 10.1. The third-order valence-corrected chi connectivity index (χ3v) is 4.37. The van der Waals surface area contributed by atoms with Crippen LogP contribution in [0.2, 0.25) is 0 Å². The van der Waals surface area contributed by atoms with Crippen LogP contribution in [0.5, 0.6) is 11.5 Å². The number of aromatic nitrogens is 2. The fourth-order valence-electron chi connectivity index (χ4n) is 3.09. The number of rotatable bonds is 5. The first-order chi connectivity index (χ1) is 13.0. The molecule has 1 heterocycles. The van der Waals surface area contributed by atoms with E-state index in [1.165, 1.54) is 7.11 Å². The fraction of sp³-hybridized carbons (Fsp3) is 0.238. The number of esters is 1. The molecule has 0 N–H and O–H groups in total. The second-order valence-corrected chi connectivity index (χ2v) is 6.15. The molecule has 0 saturated heterocycles. The summed E-state index contributed by atoms with van der Waals surface area (Å²) in [4.78, 5) is 12.1. The smallest absolute Gasteiger partial charge is 0.358 e. The topological polar surface area (TPSA) is 62.6 Å². The van der Waals surface area contributed by atoms with E-state index in [2.05, 4.69) is 11.2 Å². The van der Waals surface area contributed by atoms with Gasteiger partial charge in [0.25, 0.3) is 0 Å². The van der Waals surface area contributed by atoms with Gasteiger partial charge in [-0.3, -0.25) is 0 Å². The Labute approximate surface area is 158 Å². The zero-order valence-electron chi connectivity index (χ0n) is 16.1. The molecular formula is C21H22N2O4. The molecule has 3 rings (SSSR count). The van der Waals surface area contributed by atoms with Gasteiger partial charge in [-0.1, -0.05) is 23.8 Å². The Morgan fingerprint density at radius 1 is 0.963 bits per heavy atom. The Morgan fingerprint density at radius 3 is 2.19 bits per heavy atom. The molecule has 1 aromatic heterocycles. The summed E-state index contributed by atoms with van der Waals surface area (Å²) in [5.41, 5.74) is 4.64. The number of hydrogen-bond donors (Lipinski definition) is 0. The number of methoxy groups -OCH3 is 3. The highest BCUT2D eigenvalue weighted by atomic mass is 16.5. The van der Waals surface area contributed by atoms with Crippen LogP contribution in [0.4, 0.5) is 0 Å². The van der Waals surface area contributed by atoms with Gasteiger partial charge in [0, 0.05) is 0 Å². The van der Waals surface area contributed by atoms with Gasteiger partial charge in [-0.2, -0.15) is 5.10 Å². The van der Waals surface area contributed by atoms with Crippen molar-refractivity contribution in [3.63, 3.8) is 0 Å². The molecule has 0 bridgehead atoms. The predicted octanol–water partition coefficient (Wildman–Crippen LogP) is 3.96. The van der Waals surface area contributed by atoms with E-state index in [1.807, 2.05) is 44.2 Å². The number of benzene rings is 2. The maximum absolute atomic E-state index is 12.1. The normalized spacial score (nSPS) is 10.6. The summed E-state index contributed by atoms with van der Waals surface area (Å²) < 4.78 is 17.7. The second kappa shape index (κ2) is 7.53. The van der Waals surface area contributed by atoms with E-state index in [0.717, 1.165) is 16.8 Å². The van der Waals surface area contributed by atoms with Gasteiger partial charge >= 0.3 is 5.97 Å². The van der Waals surface area contributed by atoms with Crippen LogP contribution in [-0.4, -0.2) is 37.1 Å². The van der Waals surface area contributed by atoms with Crippen LogP contribution in [-0.2, 0) is 4.74 Å². The van der Waals surface area contributed by atoms with Crippen molar-refractivity contribution in [2.75, 3.05) is 21.3 Å². The van der Waals surface area contributed by atoms with E-state index in [-0.39, 0.29) is 5.69 Å². The van der Waals surface area contributed by atoms with Gasteiger partial charge in [0.1, 0.15) is 11.5 Å². The van der Waals surface area contributed by atoms with E-state index < -0.39 is 5.97 Å². The molecule has 140 valence electrons. The van der Waals surface area contributed by atoms with Crippen LogP contribution in [0.25, 0.3) is 16.9 Å². The van der Waals surface area contributed by atoms with Crippen LogP contribution >= 0.6 is 0 Å². The third-order valence-electron chi connectivity index (χ3n) is 4.37. The molecule has 0 aliphatic heterocycles. The van der Waals surface area contributed by atoms with Crippen molar-refractivity contribution >= 4 is 5.97 Å². The molecule has 0 fully saturated rings. The monoisotopic (exact) mass is 366 g/mol. The SMILES string of the molecule is COC(=O)c1cc(-c2c(OC)cccc2OC)n(-c2ccc(C)cc2C)n1. The Morgan fingerprint density at radius 2 is 1.63 bits per heavy atom. The van der Waals surface area contributed by atoms with Crippen molar-refractivity contribution in [3.05, 3.63) is 59.3 Å². The van der Waals surface area contributed by atoms with Gasteiger partial charge in [0.05, 0.1) is 38.3 Å². The number of nitrogens with zero attached hydrogens (tertiary/aromatic N) is 2. The quantitative estimate of drug-likeness (QED) is 0.640. The third kappa shape index (κ3) is 3.38. The summed E-state index contributed by atoms with van der Waals surface area (Å²) in [7, 11) is 4.52. The van der Waals surface area contributed by atoms with Crippen molar-refractivity contribution in [2.24, 2.45) is 0 Å². The van der Waals surface area contributed by atoms with Gasteiger partial charge in [-0.05, 0) is 43.7 Å². The van der Waals surface area contributed by atoms with Crippen molar-refractivity contribution < 1.29 is 19.0 Å². The first-order valence-corrected chi connectivity index (χ1v) is 8.47. The molecule has 27 heavy (non-hydrogen) atoms. The molecule has 0 amide bonds. The molecule has 6 heteroatoms. The van der Waals surface area contributed by atoms with Crippen LogP contribution < -0.4 is 9.47 Å². The molecule has 0 radical (unpaired) electrons. The lowest BCUT2D eigenvalue weighted by molar-refractivity contribution is 0.0593. The summed E-state index contributed by atoms with van der Waals surface area (Å²) in [6.07, 6.45) is 0. The highest BCUT2D eigenvalue weighted by molar-refractivity contribution is 5.90. The molecule has 2 aromatic carbocycles. The van der Waals surface area contributed by atoms with Gasteiger partial charge in [-0.25, -0.2) is 9.48 Å². The maximum Gasteiger partial charge on any atom is 0.358 e. The minimum absolute atomic E-state index is 0.209. The highest BCUT2D eigenvalue weighted by Gasteiger charge is 2.23. The average Bonchev–Trinajstić information content (AvgIpc) is 3.11. The Balaban J connectivity index is 2.33. The van der Waals surface area contributed by atoms with Crippen molar-refractivity contribution in [1.29, 1.82) is 0 Å². The van der Waals surface area contributed by atoms with Crippen LogP contribution in [0.15, 0.2) is 42.5 Å². The summed E-state index contributed by atoms with van der Waals surface area (Å²) in [5.74, 6) is 0.738. The number of ether oxygens (including phenoxy) is 3. The average molecular weight is 366 g/mol. The molecule has 0 aliphatic carbocycles. The van der Waals surface area contributed by atoms with Crippen LogP contribution in [0.3, 0.4) is 0 Å². The van der Waals surface area contributed by atoms with Gasteiger partial charge in [0.15, 0.2) is 5.69 Å². The summed E-state index contributed by atoms with van der Waals surface area (Å²) in [6.45, 7) is 4.04. The van der Waals surface area contributed by atoms with E-state index in [1.54, 1.807) is 25.0 Å². The molecule has 0 aliphatic rings. The first kappa shape index (κ1) is 18.5. The van der Waals surface area contributed by atoms with E-state index in [4.69, 9.17) is 14.2 Å². The second-order valence-electron chi connectivity index (χ2n) is 6.15. The summed E-state index contributed by atoms with van der Waals surface area (Å²) >= 11 is 0. The van der Waals surface area contributed by atoms with Crippen molar-refractivity contribution in [3.8, 4) is 28.4 Å². The van der Waals surface area contributed by atoms with E-state index in [0.29, 0.717) is 22.8 Å². The molecule has 0 atom stereocenters. The molecule has 0 saturated carbocycles. The molecule has 6 nitrogen and oxygen atoms in total. The minimum Gasteiger partial charge on any atom is -0.496 e. The van der Waals surface area contributed by atoms with E-state index >= 15 is 0 Å². The zero-order valence-corrected chi connectivity index (χ0v) is 16.1. The highest BCUT2D eigenvalue weighted by Crippen LogP contribution is 2.39. The number of carbonyl (C=O) groups is 1. The Kier molecular flexibility index (Phi) is 5.16. The minimum atomic E-state index is -0.506. The van der Waals surface area contributed by atoms with Crippen LogP contribution in [0, 0.1) is 13.8 Å². The first-order valence-electron chi connectivity index (χ1n) is 8.47. The molecule has 0 unspecified atom stereocenters. The fourth-order valence-corrected chi connectivity index (χ4v) is 3.09. The maximum atomic E-state index is 12.1. The summed E-state index contributed by atoms with van der Waals surface area (Å²) in [6, 6.07) is 13.3. The number of carbonyl (C=O) groups excluding carboxylic acids is 1. The van der Waals surface area contributed by atoms with E-state index in [9.17, 15) is 4.79 Å². The Hall–Kier alpha value is -3.28. The van der Waals surface area contributed by atoms with Crippen molar-refractivity contribution in [1.82, 2.24) is 9.78 Å². The predicted molar refractivity (Wildman–Crippen MR) is 103 cm³/mol. The lowest BCUT2D eigenvalue weighted by Gasteiger charge is -2.16. The van der Waals surface area contributed by atoms with Crippen LogP contribution in [0.1, 0.15) is 21.6 Å². The lowest BCUT2D eigenvalue weighted by Crippen LogP contribution is -2.06. The number of aryl methyl sites for hydroxylation is 2. The Bertz CT molecular complexity index is 970. The summed E-state index contributed by atoms with van der Waals surface area (Å²) in [5, 5.41) is 4.50. The van der Waals surface area contributed by atoms with Gasteiger partial charge in [-0.15, -0.1) is 0 Å². The molecule has 0 spiro atoms. The number of hydrogen-bond acceptors (Lipinski definition) is 5. The molecular weight excluding hydrogens is 344 g/mol. The largest absolute Gasteiger partial charge is 0.496 e. The zero-order chi connectivity index (χ0) is 19.6. The van der Waals surface area contributed by atoms with Crippen molar-refractivity contribution in [2.45, 2.75) is 13.8 Å². The van der Waals surface area contributed by atoms with Gasteiger partial charge < -0.3 is 14.2 Å². The van der Waals surface area contributed by atoms with Gasteiger partial charge in [0.2, 0.25) is 0 Å². The molecule has 3 aromatic rings.